The van der Waals surface area contributed by atoms with Crippen molar-refractivity contribution >= 4 is 13.3 Å². The van der Waals surface area contributed by atoms with E-state index in [0.717, 1.165) is 27.8 Å². The summed E-state index contributed by atoms with van der Waals surface area (Å²) in [6.07, 6.45) is 0.506. The molecule has 0 amide bonds. The van der Waals surface area contributed by atoms with E-state index in [1.54, 1.807) is 0 Å². The van der Waals surface area contributed by atoms with Crippen molar-refractivity contribution in [1.29, 1.82) is 0 Å². The smallest absolute Gasteiger partial charge is 0.267 e. The highest BCUT2D eigenvalue weighted by Crippen LogP contribution is 2.51. The Morgan fingerprint density at radius 1 is 0.871 bits per heavy atom. The molecule has 3 nitrogen and oxygen atoms in total. The van der Waals surface area contributed by atoms with Crippen LogP contribution in [0.15, 0.2) is 54.6 Å². The van der Waals surface area contributed by atoms with E-state index in [2.05, 4.69) is 47.6 Å². The lowest BCUT2D eigenvalue weighted by atomic mass is 9.78. The van der Waals surface area contributed by atoms with Gasteiger partial charge in [0.25, 0.3) is 8.03 Å². The molecule has 162 valence electrons. The van der Waals surface area contributed by atoms with E-state index in [1.807, 2.05) is 48.5 Å². The summed E-state index contributed by atoms with van der Waals surface area (Å²) in [6, 6.07) is 18.0. The van der Waals surface area contributed by atoms with Gasteiger partial charge in [0, 0.05) is 28.7 Å². The van der Waals surface area contributed by atoms with Gasteiger partial charge in [0.2, 0.25) is 0 Å². The second-order valence-corrected chi connectivity index (χ2v) is 11.7. The van der Waals surface area contributed by atoms with Crippen molar-refractivity contribution in [2.24, 2.45) is 0 Å². The maximum Gasteiger partial charge on any atom is 0.267 e. The third kappa shape index (κ3) is 3.92. The lowest BCUT2D eigenvalue weighted by Crippen LogP contribution is -2.23. The fourth-order valence-corrected chi connectivity index (χ4v) is 5.71. The molecule has 31 heavy (non-hydrogen) atoms. The summed E-state index contributed by atoms with van der Waals surface area (Å²) in [5, 5.41) is 12.0. The molecule has 1 unspecified atom stereocenters. The van der Waals surface area contributed by atoms with Crippen LogP contribution in [0, 0.1) is 0 Å². The Balaban J connectivity index is 2.08. The summed E-state index contributed by atoms with van der Waals surface area (Å²) < 4.78 is 19.4. The zero-order chi connectivity index (χ0) is 22.6. The fraction of sp³-hybridized carbons (Fsp3) is 0.333. The first-order valence-corrected chi connectivity index (χ1v) is 12.1. The van der Waals surface area contributed by atoms with Crippen molar-refractivity contribution in [3.8, 4) is 22.6 Å². The second kappa shape index (κ2) is 7.57. The molecule has 1 aliphatic heterocycles. The largest absolute Gasteiger partial charge is 0.507 e. The summed E-state index contributed by atoms with van der Waals surface area (Å²) in [6.45, 7) is 12.8. The van der Waals surface area contributed by atoms with Crippen LogP contribution in [-0.2, 0) is 21.8 Å². The Hall–Kier alpha value is -2.51. The van der Waals surface area contributed by atoms with Crippen LogP contribution in [0.2, 0.25) is 0 Å². The van der Waals surface area contributed by atoms with Gasteiger partial charge in [-0.1, -0.05) is 84.0 Å². The number of rotatable bonds is 2. The maximum absolute atomic E-state index is 13.4. The van der Waals surface area contributed by atoms with Crippen LogP contribution in [0.4, 0.5) is 0 Å². The average molecular weight is 435 g/mol. The van der Waals surface area contributed by atoms with Gasteiger partial charge in [-0.05, 0) is 34.1 Å². The van der Waals surface area contributed by atoms with Crippen molar-refractivity contribution < 1.29 is 14.2 Å². The van der Waals surface area contributed by atoms with Crippen LogP contribution in [0.5, 0.6) is 11.5 Å². The molecule has 0 radical (unpaired) electrons. The number of hydrogen-bond donors (Lipinski definition) is 1. The number of phenolic OH excluding ortho intramolecular Hbond substituents is 1. The molecule has 0 fully saturated rings. The molecule has 3 aromatic rings. The molecule has 1 N–H and O–H groups in total. The van der Waals surface area contributed by atoms with E-state index in [9.17, 15) is 9.67 Å². The predicted molar refractivity (Wildman–Crippen MR) is 129 cm³/mol. The number of fused-ring (bicyclic) bond motifs is 3. The van der Waals surface area contributed by atoms with Crippen molar-refractivity contribution in [3.05, 3.63) is 76.9 Å². The zero-order valence-corrected chi connectivity index (χ0v) is 20.2. The molecule has 0 aromatic heterocycles. The van der Waals surface area contributed by atoms with Gasteiger partial charge in [-0.15, -0.1) is 0 Å². The van der Waals surface area contributed by atoms with E-state index < -0.39 is 8.03 Å². The van der Waals surface area contributed by atoms with Crippen molar-refractivity contribution in [2.75, 3.05) is 0 Å². The van der Waals surface area contributed by atoms with Gasteiger partial charge in [-0.2, -0.15) is 0 Å². The van der Waals surface area contributed by atoms with Gasteiger partial charge in [-0.3, -0.25) is 4.57 Å². The molecule has 3 aromatic carbocycles. The van der Waals surface area contributed by atoms with Gasteiger partial charge in [-0.25, -0.2) is 0 Å². The van der Waals surface area contributed by atoms with Gasteiger partial charge < -0.3 is 9.63 Å². The number of phenols is 1. The molecule has 0 bridgehead atoms. The van der Waals surface area contributed by atoms with Crippen molar-refractivity contribution in [2.45, 2.75) is 58.8 Å². The summed E-state index contributed by atoms with van der Waals surface area (Å²) >= 11 is 0. The van der Waals surface area contributed by atoms with Crippen molar-refractivity contribution in [3.63, 3.8) is 0 Å². The van der Waals surface area contributed by atoms with Crippen LogP contribution in [0.1, 0.15) is 63.8 Å². The third-order valence-electron chi connectivity index (χ3n) is 5.94. The van der Waals surface area contributed by atoms with Crippen LogP contribution >= 0.6 is 8.03 Å². The van der Waals surface area contributed by atoms with E-state index in [-0.39, 0.29) is 16.6 Å². The van der Waals surface area contributed by atoms with E-state index in [1.165, 1.54) is 0 Å². The second-order valence-electron chi connectivity index (χ2n) is 10.4. The fourth-order valence-electron chi connectivity index (χ4n) is 4.37. The van der Waals surface area contributed by atoms with Crippen molar-refractivity contribution in [1.82, 2.24) is 0 Å². The monoisotopic (exact) mass is 434 g/mol. The van der Waals surface area contributed by atoms with Crippen LogP contribution in [-0.4, -0.2) is 5.11 Å². The molecule has 0 saturated heterocycles. The van der Waals surface area contributed by atoms with E-state index in [0.29, 0.717) is 23.0 Å². The van der Waals surface area contributed by atoms with Gasteiger partial charge in [0.1, 0.15) is 11.5 Å². The molecular formula is C27H31O3P. The number of benzene rings is 3. The summed E-state index contributed by atoms with van der Waals surface area (Å²) in [4.78, 5) is 0. The first-order valence-electron chi connectivity index (χ1n) is 10.8. The standard InChI is InChI=1S/C27H31O3P/c1-26(2,3)20-13-10-14-22-23(20)18-16-21(27(4,5)6)24(28)19(25(18)31(29)30-22)15-17-11-8-7-9-12-17/h7-14,16,28,31H,15H2,1-6H3. The molecule has 0 aliphatic carbocycles. The first-order chi connectivity index (χ1) is 14.5. The summed E-state index contributed by atoms with van der Waals surface area (Å²) in [7, 11) is -2.57. The Kier molecular flexibility index (Phi) is 5.30. The minimum Gasteiger partial charge on any atom is -0.507 e. The first kappa shape index (κ1) is 21.7. The molecular weight excluding hydrogens is 403 g/mol. The quantitative estimate of drug-likeness (QED) is 0.455. The van der Waals surface area contributed by atoms with Gasteiger partial charge in [0.05, 0.1) is 5.30 Å². The topological polar surface area (TPSA) is 46.5 Å². The van der Waals surface area contributed by atoms with E-state index in [4.69, 9.17) is 4.52 Å². The molecule has 0 spiro atoms. The Labute approximate surface area is 186 Å². The SMILES string of the molecule is CC(C)(C)c1cc2c(c(Cc3ccccc3)c1O)[PH](=O)Oc1cccc(C(C)(C)C)c1-2. The minimum absolute atomic E-state index is 0.113. The van der Waals surface area contributed by atoms with Crippen LogP contribution < -0.4 is 9.83 Å². The summed E-state index contributed by atoms with van der Waals surface area (Å²) in [5.74, 6) is 0.897. The zero-order valence-electron chi connectivity index (χ0n) is 19.2. The number of hydrogen-bond acceptors (Lipinski definition) is 3. The average Bonchev–Trinajstić information content (AvgIpc) is 2.68. The van der Waals surface area contributed by atoms with Crippen LogP contribution in [0.25, 0.3) is 11.1 Å². The lowest BCUT2D eigenvalue weighted by molar-refractivity contribution is 0.441. The highest BCUT2D eigenvalue weighted by atomic mass is 31.1. The van der Waals surface area contributed by atoms with Gasteiger partial charge >= 0.3 is 0 Å². The predicted octanol–water partition coefficient (Wildman–Crippen LogP) is 6.74. The lowest BCUT2D eigenvalue weighted by Gasteiger charge is -2.32. The Bertz CT molecular complexity index is 1170. The third-order valence-corrected chi connectivity index (χ3v) is 7.33. The highest BCUT2D eigenvalue weighted by molar-refractivity contribution is 7.49. The molecule has 4 heteroatoms. The highest BCUT2D eigenvalue weighted by Gasteiger charge is 2.34. The van der Waals surface area contributed by atoms with Crippen LogP contribution in [0.3, 0.4) is 0 Å². The molecule has 1 heterocycles. The Morgan fingerprint density at radius 2 is 1.52 bits per heavy atom. The maximum atomic E-state index is 13.4. The molecule has 4 rings (SSSR count). The molecule has 1 atom stereocenters. The molecule has 1 aliphatic rings. The normalized spacial score (nSPS) is 15.7. The van der Waals surface area contributed by atoms with E-state index >= 15 is 0 Å². The Morgan fingerprint density at radius 3 is 2.13 bits per heavy atom. The summed E-state index contributed by atoms with van der Waals surface area (Å²) in [5.41, 5.74) is 5.34. The van der Waals surface area contributed by atoms with Gasteiger partial charge in [0.15, 0.2) is 0 Å². The number of aromatic hydroxyl groups is 1. The minimum atomic E-state index is -2.57. The molecule has 0 saturated carbocycles.